The quantitative estimate of drug-likeness (QED) is 0.471. The SMILES string of the molecule is [B][B][B][B][B][B]CB=Cc1ccccc1.[HH].[HH].[HH].[HH].[HH].[HH].[HH].[HH].[HH].[HH].[HH].[HH]. The molecule has 0 aliphatic rings. The smallest absolute Gasteiger partial charge is 0 e. The first-order valence-electron chi connectivity index (χ1n) is 5.02. The number of benzene rings is 1. The van der Waals surface area contributed by atoms with Gasteiger partial charge in [0.2, 0.25) is 0 Å². The summed E-state index contributed by atoms with van der Waals surface area (Å²) in [5.41, 5.74) is 1.23. The predicted molar refractivity (Wildman–Crippen MR) is 102 cm³/mol. The van der Waals surface area contributed by atoms with Crippen LogP contribution in [0.25, 0.3) is 0 Å². The maximum Gasteiger partial charge on any atom is 0 e. The van der Waals surface area contributed by atoms with Crippen LogP contribution < -0.4 is 0 Å². The van der Waals surface area contributed by atoms with E-state index in [2.05, 4.69) is 32.2 Å². The van der Waals surface area contributed by atoms with Gasteiger partial charge in [-0.3, -0.25) is 0 Å². The van der Waals surface area contributed by atoms with Gasteiger partial charge in [-0.2, -0.15) is 0 Å². The first-order chi connectivity index (χ1) is 7.43. The van der Waals surface area contributed by atoms with Crippen molar-refractivity contribution in [2.75, 3.05) is 0 Å². The van der Waals surface area contributed by atoms with Gasteiger partial charge in [-0.1, -0.05) is 0 Å². The Bertz CT molecular complexity index is 300. The first kappa shape index (κ1) is 12.6. The molecule has 1 rings (SSSR count). The third-order valence-corrected chi connectivity index (χ3v) is 1.85. The van der Waals surface area contributed by atoms with Crippen molar-refractivity contribution in [1.82, 2.24) is 0 Å². The molecule has 85 valence electrons. The molecule has 0 N–H and O–H groups in total. The Morgan fingerprint density at radius 2 is 1.93 bits per heavy atom. The molecule has 7 heteroatoms. The van der Waals surface area contributed by atoms with Crippen LogP contribution in [-0.2, 0) is 0 Å². The summed E-state index contributed by atoms with van der Waals surface area (Å²) in [4.78, 5) is 0. The number of hydrogen-bond acceptors (Lipinski definition) is 0. The largest absolute Gasteiger partial charge is 0 e. The Morgan fingerprint density at radius 3 is 2.67 bits per heavy atom. The third-order valence-electron chi connectivity index (χ3n) is 1.85. The van der Waals surface area contributed by atoms with Gasteiger partial charge in [-0.25, -0.2) is 0 Å². The summed E-state index contributed by atoms with van der Waals surface area (Å²) >= 11 is 0. The van der Waals surface area contributed by atoms with E-state index in [0.717, 1.165) is 6.22 Å². The summed E-state index contributed by atoms with van der Waals surface area (Å²) in [6, 6.07) is 10.3. The molecule has 0 atom stereocenters. The molecule has 0 saturated heterocycles. The van der Waals surface area contributed by atoms with Gasteiger partial charge in [-0.05, 0) is 0 Å². The zero-order valence-electron chi connectivity index (χ0n) is 8.71. The minimum absolute atomic E-state index is 0. The minimum atomic E-state index is 0. The van der Waals surface area contributed by atoms with Crippen molar-refractivity contribution < 1.29 is 17.1 Å². The Hall–Kier alpha value is -0.455. The van der Waals surface area contributed by atoms with Crippen LogP contribution in [-0.4, -0.2) is 56.0 Å². The van der Waals surface area contributed by atoms with Crippen molar-refractivity contribution in [3.05, 3.63) is 35.9 Å². The molecule has 0 fully saturated rings. The summed E-state index contributed by atoms with van der Waals surface area (Å²) < 4.78 is 0. The molecule has 1 aromatic rings. The van der Waals surface area contributed by atoms with Gasteiger partial charge in [0, 0.05) is 17.1 Å². The van der Waals surface area contributed by atoms with Crippen LogP contribution >= 0.6 is 0 Å². The zero-order valence-corrected chi connectivity index (χ0v) is 8.71. The second kappa shape index (κ2) is 8.82. The third kappa shape index (κ3) is 6.59. The minimum Gasteiger partial charge on any atom is 0 e. The molecule has 0 spiro atoms. The van der Waals surface area contributed by atoms with Gasteiger partial charge < -0.3 is 0 Å². The van der Waals surface area contributed by atoms with Crippen LogP contribution in [0.2, 0.25) is 6.22 Å². The van der Waals surface area contributed by atoms with Crippen molar-refractivity contribution in [2.45, 2.75) is 6.22 Å². The molecular formula is C8H32B7. The summed E-state index contributed by atoms with van der Waals surface area (Å²) in [6.07, 6.45) is 0.934. The normalized spacial score (nSPS) is 9.07. The zero-order chi connectivity index (χ0) is 10.8. The molecule has 0 nitrogen and oxygen atoms in total. The van der Waals surface area contributed by atoms with E-state index in [4.69, 9.17) is 7.74 Å². The van der Waals surface area contributed by atoms with Crippen molar-refractivity contribution in [3.8, 4) is 0 Å². The molecule has 0 aliphatic carbocycles. The fraction of sp³-hybridized carbons (Fsp3) is 0.125. The van der Waals surface area contributed by atoms with E-state index in [0.29, 0.717) is 0 Å². The molecule has 0 aliphatic heterocycles. The van der Waals surface area contributed by atoms with E-state index in [1.54, 1.807) is 7.06 Å². The van der Waals surface area contributed by atoms with Gasteiger partial charge in [0.05, 0.1) is 0 Å². The fourth-order valence-electron chi connectivity index (χ4n) is 1.13. The van der Waals surface area contributed by atoms with Gasteiger partial charge in [0.15, 0.2) is 0 Å². The van der Waals surface area contributed by atoms with E-state index in [1.165, 1.54) is 12.6 Å². The summed E-state index contributed by atoms with van der Waals surface area (Å²) in [5.74, 6) is 2.11. The Labute approximate surface area is 116 Å². The van der Waals surface area contributed by atoms with Crippen LogP contribution in [0.1, 0.15) is 22.7 Å². The van der Waals surface area contributed by atoms with Crippen molar-refractivity contribution in [3.63, 3.8) is 0 Å². The topological polar surface area (TPSA) is 0 Å². The van der Waals surface area contributed by atoms with E-state index in [-0.39, 0.29) is 17.1 Å². The molecule has 0 heterocycles. The van der Waals surface area contributed by atoms with Crippen LogP contribution in [0.15, 0.2) is 30.3 Å². The maximum absolute atomic E-state index is 5.19. The monoisotopic (exact) mass is 205 g/mol. The van der Waals surface area contributed by atoms with Gasteiger partial charge in [0.1, 0.15) is 0 Å². The molecular weight excluding hydrogens is 172 g/mol. The van der Waals surface area contributed by atoms with E-state index < -0.39 is 0 Å². The van der Waals surface area contributed by atoms with E-state index >= 15 is 0 Å². The molecule has 0 amide bonds. The van der Waals surface area contributed by atoms with Crippen molar-refractivity contribution in [1.29, 1.82) is 0 Å². The molecule has 0 bridgehead atoms. The molecule has 0 unspecified atom stereocenters. The predicted octanol–water partition coefficient (Wildman–Crippen LogP) is 2.13. The van der Waals surface area contributed by atoms with Gasteiger partial charge in [-0.15, -0.1) is 0 Å². The average Bonchev–Trinajstić information content (AvgIpc) is 2.29. The standard InChI is InChI=1S/C8H8B7.12H2/c9-12-14-15-13-11-7-10-6-8-4-2-1-3-5-8;;;;;;;;;;;;/h1-6H,7H2;12*1H. The molecule has 1 aromatic carbocycles. The van der Waals surface area contributed by atoms with Crippen LogP contribution in [0.4, 0.5) is 0 Å². The van der Waals surface area contributed by atoms with Crippen molar-refractivity contribution in [2.24, 2.45) is 0 Å². The van der Waals surface area contributed by atoms with Crippen LogP contribution in [0, 0.1) is 0 Å². The second-order valence-electron chi connectivity index (χ2n) is 3.05. The van der Waals surface area contributed by atoms with Gasteiger partial charge >= 0.3 is 98.2 Å². The van der Waals surface area contributed by atoms with Crippen LogP contribution in [0.5, 0.6) is 0 Å². The second-order valence-corrected chi connectivity index (χ2v) is 3.05. The molecule has 7 radical (unpaired) electrons. The first-order valence-corrected chi connectivity index (χ1v) is 5.02. The van der Waals surface area contributed by atoms with E-state index in [1.807, 2.05) is 32.3 Å². The summed E-state index contributed by atoms with van der Waals surface area (Å²) in [5, 5.41) is 0. The Morgan fingerprint density at radius 1 is 1.13 bits per heavy atom. The number of hydrogen-bond donors (Lipinski definition) is 0. The fourth-order valence-corrected chi connectivity index (χ4v) is 1.13. The summed E-state index contributed by atoms with van der Waals surface area (Å²) in [7, 11) is 14.5. The number of rotatable bonds is 7. The van der Waals surface area contributed by atoms with Gasteiger partial charge in [0.25, 0.3) is 0 Å². The molecule has 0 saturated carbocycles. The maximum atomic E-state index is 5.19. The molecule has 15 heavy (non-hydrogen) atoms. The van der Waals surface area contributed by atoms with Crippen molar-refractivity contribution >= 4 is 56.0 Å². The van der Waals surface area contributed by atoms with E-state index in [9.17, 15) is 0 Å². The molecule has 0 aromatic heterocycles. The summed E-state index contributed by atoms with van der Waals surface area (Å²) in [6.45, 7) is 2.13. The van der Waals surface area contributed by atoms with Crippen LogP contribution in [0.3, 0.4) is 0 Å². The Kier molecular flexibility index (Phi) is 7.42. The average molecular weight is 204 g/mol. The Balaban J connectivity index is -0.0000000187.